The van der Waals surface area contributed by atoms with Crippen molar-refractivity contribution in [1.29, 1.82) is 0 Å². The Bertz CT molecular complexity index is 776. The van der Waals surface area contributed by atoms with Crippen LogP contribution in [0.25, 0.3) is 5.57 Å². The van der Waals surface area contributed by atoms with Gasteiger partial charge in [0.25, 0.3) is 0 Å². The van der Waals surface area contributed by atoms with Crippen LogP contribution >= 0.6 is 11.8 Å². The molecule has 0 unspecified atom stereocenters. The Morgan fingerprint density at radius 3 is 2.74 bits per heavy atom. The van der Waals surface area contributed by atoms with Gasteiger partial charge in [-0.2, -0.15) is 0 Å². The van der Waals surface area contributed by atoms with Gasteiger partial charge >= 0.3 is 0 Å². The van der Waals surface area contributed by atoms with Crippen molar-refractivity contribution in [3.8, 4) is 0 Å². The summed E-state index contributed by atoms with van der Waals surface area (Å²) in [6.45, 7) is 6.26. The van der Waals surface area contributed by atoms with Gasteiger partial charge in [0.15, 0.2) is 5.16 Å². The molecule has 0 spiro atoms. The molecule has 1 aliphatic rings. The minimum absolute atomic E-state index is 0.0965. The van der Waals surface area contributed by atoms with E-state index in [1.807, 2.05) is 40.9 Å². The summed E-state index contributed by atoms with van der Waals surface area (Å²) in [7, 11) is 1.94. The number of carbonyl (C=O) groups is 1. The summed E-state index contributed by atoms with van der Waals surface area (Å²) in [5.74, 6) is 0.467. The molecule has 2 aromatic rings. The van der Waals surface area contributed by atoms with Gasteiger partial charge in [0.2, 0.25) is 5.91 Å². The molecule has 0 bridgehead atoms. The average molecular weight is 327 g/mol. The molecule has 0 radical (unpaired) electrons. The predicted molar refractivity (Wildman–Crippen MR) is 95.6 cm³/mol. The summed E-state index contributed by atoms with van der Waals surface area (Å²) in [5.41, 5.74) is 2.99. The Labute approximate surface area is 141 Å². The van der Waals surface area contributed by atoms with Gasteiger partial charge in [-0.3, -0.25) is 4.79 Å². The Hall–Kier alpha value is -2.01. The zero-order valence-electron chi connectivity index (χ0n) is 13.9. The van der Waals surface area contributed by atoms with Crippen molar-refractivity contribution in [3.63, 3.8) is 0 Å². The van der Waals surface area contributed by atoms with E-state index >= 15 is 0 Å². The lowest BCUT2D eigenvalue weighted by Crippen LogP contribution is -2.49. The molecule has 2 heterocycles. The van der Waals surface area contributed by atoms with Crippen LogP contribution in [0.1, 0.15) is 26.3 Å². The lowest BCUT2D eigenvalue weighted by atomic mass is 9.89. The standard InChI is InChI=1S/C18H21N3OS/c1-13-11-18(2,3)21(15-8-6-5-7-14(13)15)16(22)12-23-17-19-9-10-20(17)4/h5-11H,12H2,1-4H3. The van der Waals surface area contributed by atoms with E-state index in [1.54, 1.807) is 6.20 Å². The third-order valence-corrected chi connectivity index (χ3v) is 5.11. The number of hydrogen-bond acceptors (Lipinski definition) is 3. The summed E-state index contributed by atoms with van der Waals surface area (Å²) in [5, 5.41) is 0.855. The van der Waals surface area contributed by atoms with Gasteiger partial charge in [-0.15, -0.1) is 0 Å². The number of carbonyl (C=O) groups excluding carboxylic acids is 1. The number of fused-ring (bicyclic) bond motifs is 1. The maximum absolute atomic E-state index is 12.9. The number of aryl methyl sites for hydroxylation is 1. The van der Waals surface area contributed by atoms with E-state index in [9.17, 15) is 4.79 Å². The molecule has 1 aliphatic heterocycles. The molecule has 0 saturated heterocycles. The number of allylic oxidation sites excluding steroid dienone is 1. The number of thioether (sulfide) groups is 1. The Morgan fingerprint density at radius 2 is 2.04 bits per heavy atom. The monoisotopic (exact) mass is 327 g/mol. The van der Waals surface area contributed by atoms with Crippen molar-refractivity contribution in [2.75, 3.05) is 10.7 Å². The first kappa shape index (κ1) is 15.9. The van der Waals surface area contributed by atoms with Crippen molar-refractivity contribution in [3.05, 3.63) is 48.3 Å². The topological polar surface area (TPSA) is 38.1 Å². The number of para-hydroxylation sites is 1. The summed E-state index contributed by atoms with van der Waals surface area (Å²) in [6, 6.07) is 8.10. The van der Waals surface area contributed by atoms with Crippen molar-refractivity contribution in [2.45, 2.75) is 31.5 Å². The molecule has 4 nitrogen and oxygen atoms in total. The molecule has 0 saturated carbocycles. The van der Waals surface area contributed by atoms with Crippen LogP contribution in [-0.4, -0.2) is 26.8 Å². The highest BCUT2D eigenvalue weighted by Gasteiger charge is 2.35. The zero-order valence-corrected chi connectivity index (χ0v) is 14.7. The summed E-state index contributed by atoms with van der Waals surface area (Å²) in [6.07, 6.45) is 5.80. The normalized spacial score (nSPS) is 16.0. The van der Waals surface area contributed by atoms with Crippen LogP contribution in [0.5, 0.6) is 0 Å². The van der Waals surface area contributed by atoms with E-state index < -0.39 is 0 Å². The van der Waals surface area contributed by atoms with E-state index in [-0.39, 0.29) is 11.4 Å². The number of anilines is 1. The molecule has 1 aromatic heterocycles. The van der Waals surface area contributed by atoms with Crippen molar-refractivity contribution in [1.82, 2.24) is 9.55 Å². The Morgan fingerprint density at radius 1 is 1.30 bits per heavy atom. The second-order valence-corrected chi connectivity index (χ2v) is 7.28. The molecule has 0 atom stereocenters. The van der Waals surface area contributed by atoms with E-state index in [2.05, 4.69) is 37.9 Å². The number of nitrogens with zero attached hydrogens (tertiary/aromatic N) is 3. The SMILES string of the molecule is CC1=CC(C)(C)N(C(=O)CSc2nccn2C)c2ccccc21. The first-order valence-corrected chi connectivity index (χ1v) is 8.61. The van der Waals surface area contributed by atoms with Crippen molar-refractivity contribution in [2.24, 2.45) is 7.05 Å². The van der Waals surface area contributed by atoms with Crippen molar-refractivity contribution >= 4 is 28.9 Å². The molecule has 1 aromatic carbocycles. The van der Waals surface area contributed by atoms with Gasteiger partial charge in [0.05, 0.1) is 17.0 Å². The fourth-order valence-electron chi connectivity index (χ4n) is 3.12. The van der Waals surface area contributed by atoms with E-state index in [4.69, 9.17) is 0 Å². The second-order valence-electron chi connectivity index (χ2n) is 6.34. The molecule has 5 heteroatoms. The third-order valence-electron chi connectivity index (χ3n) is 4.07. The molecule has 0 fully saturated rings. The maximum Gasteiger partial charge on any atom is 0.238 e. The predicted octanol–water partition coefficient (Wildman–Crippen LogP) is 3.74. The first-order chi connectivity index (χ1) is 10.9. The smallest absolute Gasteiger partial charge is 0.238 e. The molecular formula is C18H21N3OS. The van der Waals surface area contributed by atoms with E-state index in [0.29, 0.717) is 5.75 Å². The molecule has 1 amide bonds. The van der Waals surface area contributed by atoms with Gasteiger partial charge in [0, 0.05) is 25.0 Å². The fourth-order valence-corrected chi connectivity index (χ4v) is 3.90. The van der Waals surface area contributed by atoms with Gasteiger partial charge in [-0.1, -0.05) is 36.0 Å². The number of aromatic nitrogens is 2. The highest BCUT2D eigenvalue weighted by Crippen LogP contribution is 2.39. The highest BCUT2D eigenvalue weighted by atomic mass is 32.2. The van der Waals surface area contributed by atoms with Crippen LogP contribution in [0.4, 0.5) is 5.69 Å². The molecule has 120 valence electrons. The first-order valence-electron chi connectivity index (χ1n) is 7.62. The van der Waals surface area contributed by atoms with Crippen molar-refractivity contribution < 1.29 is 4.79 Å². The van der Waals surface area contributed by atoms with Gasteiger partial charge in [0.1, 0.15) is 0 Å². The number of rotatable bonds is 3. The van der Waals surface area contributed by atoms with Crippen LogP contribution in [0, 0.1) is 0 Å². The van der Waals surface area contributed by atoms with Gasteiger partial charge < -0.3 is 9.47 Å². The minimum Gasteiger partial charge on any atom is -0.329 e. The Balaban J connectivity index is 1.88. The van der Waals surface area contributed by atoms with Crippen LogP contribution in [0.15, 0.2) is 47.9 Å². The van der Waals surface area contributed by atoms with Crippen LogP contribution in [-0.2, 0) is 11.8 Å². The van der Waals surface area contributed by atoms with Gasteiger partial charge in [-0.05, 0) is 32.4 Å². The number of amides is 1. The minimum atomic E-state index is -0.336. The zero-order chi connectivity index (χ0) is 16.6. The molecule has 0 N–H and O–H groups in total. The lowest BCUT2D eigenvalue weighted by molar-refractivity contribution is -0.116. The highest BCUT2D eigenvalue weighted by molar-refractivity contribution is 7.99. The van der Waals surface area contributed by atoms with Gasteiger partial charge in [-0.25, -0.2) is 4.98 Å². The fraction of sp³-hybridized carbons (Fsp3) is 0.333. The van der Waals surface area contributed by atoms with Crippen LogP contribution in [0.3, 0.4) is 0 Å². The number of benzene rings is 1. The molecule has 3 rings (SSSR count). The number of imidazole rings is 1. The van der Waals surface area contributed by atoms with E-state index in [0.717, 1.165) is 16.4 Å². The summed E-state index contributed by atoms with van der Waals surface area (Å²) in [4.78, 5) is 19.1. The molecular weight excluding hydrogens is 306 g/mol. The number of hydrogen-bond donors (Lipinski definition) is 0. The quantitative estimate of drug-likeness (QED) is 0.806. The third kappa shape index (κ3) is 2.93. The largest absolute Gasteiger partial charge is 0.329 e. The summed E-state index contributed by atoms with van der Waals surface area (Å²) < 4.78 is 1.93. The summed E-state index contributed by atoms with van der Waals surface area (Å²) >= 11 is 1.47. The lowest BCUT2D eigenvalue weighted by Gasteiger charge is -2.41. The average Bonchev–Trinajstić information content (AvgIpc) is 2.89. The van der Waals surface area contributed by atoms with Crippen LogP contribution < -0.4 is 4.90 Å². The molecule has 0 aliphatic carbocycles. The van der Waals surface area contributed by atoms with E-state index in [1.165, 1.54) is 17.3 Å². The Kier molecular flexibility index (Phi) is 4.06. The second kappa shape index (κ2) is 5.89. The molecule has 23 heavy (non-hydrogen) atoms. The maximum atomic E-state index is 12.9. The van der Waals surface area contributed by atoms with Crippen LogP contribution in [0.2, 0.25) is 0 Å².